The number of hydrogen-bond acceptors (Lipinski definition) is 5. The van der Waals surface area contributed by atoms with E-state index in [0.29, 0.717) is 6.07 Å². The predicted molar refractivity (Wildman–Crippen MR) is 90.1 cm³/mol. The molecule has 0 unspecified atom stereocenters. The summed E-state index contributed by atoms with van der Waals surface area (Å²) in [6.07, 6.45) is -7.56. The second-order valence-electron chi connectivity index (χ2n) is 5.84. The molecule has 3 aromatic rings. The summed E-state index contributed by atoms with van der Waals surface area (Å²) < 4.78 is 80.5. The molecule has 29 heavy (non-hydrogen) atoms. The van der Waals surface area contributed by atoms with Gasteiger partial charge in [0.1, 0.15) is 28.6 Å². The summed E-state index contributed by atoms with van der Waals surface area (Å²) in [5, 5.41) is 14.4. The summed E-state index contributed by atoms with van der Waals surface area (Å²) in [6.45, 7) is 0.766. The zero-order chi connectivity index (χ0) is 21.6. The van der Waals surface area contributed by atoms with E-state index in [4.69, 9.17) is 16.9 Å². The van der Waals surface area contributed by atoms with Crippen LogP contribution in [0.3, 0.4) is 0 Å². The van der Waals surface area contributed by atoms with Crippen molar-refractivity contribution in [3.63, 3.8) is 0 Å². The minimum Gasteiger partial charge on any atom is -0.358 e. The van der Waals surface area contributed by atoms with Crippen molar-refractivity contribution in [1.29, 1.82) is 5.26 Å². The summed E-state index contributed by atoms with van der Waals surface area (Å²) in [5.41, 5.74) is -2.83. The average molecular weight is 435 g/mol. The Morgan fingerprint density at radius 3 is 2.52 bits per heavy atom. The molecule has 0 saturated heterocycles. The van der Waals surface area contributed by atoms with E-state index >= 15 is 0 Å². The first kappa shape index (κ1) is 20.7. The standard InChI is InChI=1S/C16H9ClF6N6/c1-7(15(18,19)20)27-14-10(11-9(16(21,22)23)3-2-4-25-11)12(17)28-13-8(5-24)6-26-29(13)14/h2-4,6-7,27H,1H3/t7-/m0/s1. The van der Waals surface area contributed by atoms with Gasteiger partial charge in [-0.2, -0.15) is 41.2 Å². The molecule has 0 aromatic carbocycles. The number of nitriles is 1. The van der Waals surface area contributed by atoms with Gasteiger partial charge in [-0.25, -0.2) is 4.98 Å². The van der Waals surface area contributed by atoms with Crippen LogP contribution in [0.1, 0.15) is 18.1 Å². The van der Waals surface area contributed by atoms with E-state index in [-0.39, 0.29) is 11.2 Å². The Labute approximate surface area is 163 Å². The van der Waals surface area contributed by atoms with Gasteiger partial charge in [-0.1, -0.05) is 11.6 Å². The van der Waals surface area contributed by atoms with Crippen LogP contribution in [-0.2, 0) is 6.18 Å². The quantitative estimate of drug-likeness (QED) is 0.477. The van der Waals surface area contributed by atoms with Crippen LogP contribution in [0, 0.1) is 11.3 Å². The van der Waals surface area contributed by atoms with Crippen LogP contribution in [0.4, 0.5) is 32.2 Å². The van der Waals surface area contributed by atoms with Crippen molar-refractivity contribution >= 4 is 23.1 Å². The molecular weight excluding hydrogens is 426 g/mol. The molecule has 3 heterocycles. The Morgan fingerprint density at radius 2 is 1.93 bits per heavy atom. The molecule has 0 amide bonds. The second kappa shape index (κ2) is 7.07. The number of pyridine rings is 1. The summed E-state index contributed by atoms with van der Waals surface area (Å²) in [7, 11) is 0. The fourth-order valence-electron chi connectivity index (χ4n) is 2.51. The van der Waals surface area contributed by atoms with Crippen molar-refractivity contribution in [3.05, 3.63) is 40.8 Å². The molecule has 0 aliphatic heterocycles. The molecule has 0 aliphatic carbocycles. The molecule has 6 nitrogen and oxygen atoms in total. The van der Waals surface area contributed by atoms with Gasteiger partial charge in [-0.15, -0.1) is 0 Å². The number of rotatable bonds is 3. The number of nitrogens with one attached hydrogen (secondary N) is 1. The largest absolute Gasteiger partial charge is 0.418 e. The molecule has 3 rings (SSSR count). The van der Waals surface area contributed by atoms with Crippen LogP contribution in [0.5, 0.6) is 0 Å². The van der Waals surface area contributed by atoms with Crippen LogP contribution in [-0.4, -0.2) is 31.8 Å². The lowest BCUT2D eigenvalue weighted by Gasteiger charge is -2.22. The van der Waals surface area contributed by atoms with Gasteiger partial charge in [0.15, 0.2) is 5.65 Å². The molecular formula is C16H9ClF6N6. The lowest BCUT2D eigenvalue weighted by atomic mass is 10.1. The van der Waals surface area contributed by atoms with Gasteiger partial charge in [0.25, 0.3) is 0 Å². The average Bonchev–Trinajstić information content (AvgIpc) is 3.03. The first-order valence-corrected chi connectivity index (χ1v) is 8.16. The maximum atomic E-state index is 13.5. The number of aromatic nitrogens is 4. The fraction of sp³-hybridized carbons (Fsp3) is 0.250. The molecule has 0 aliphatic rings. The highest BCUT2D eigenvalue weighted by atomic mass is 35.5. The molecule has 152 valence electrons. The fourth-order valence-corrected chi connectivity index (χ4v) is 2.77. The van der Waals surface area contributed by atoms with E-state index in [9.17, 15) is 26.3 Å². The Kier molecular flexibility index (Phi) is 5.04. The Bertz CT molecular complexity index is 1110. The zero-order valence-corrected chi connectivity index (χ0v) is 15.0. The highest BCUT2D eigenvalue weighted by molar-refractivity contribution is 6.33. The molecule has 0 saturated carbocycles. The molecule has 13 heteroatoms. The van der Waals surface area contributed by atoms with Gasteiger partial charge in [0.05, 0.1) is 23.0 Å². The third-order valence-electron chi connectivity index (χ3n) is 3.92. The van der Waals surface area contributed by atoms with Crippen LogP contribution >= 0.6 is 11.6 Å². The number of anilines is 1. The highest BCUT2D eigenvalue weighted by Gasteiger charge is 2.39. The van der Waals surface area contributed by atoms with Crippen LogP contribution < -0.4 is 5.32 Å². The first-order chi connectivity index (χ1) is 13.4. The molecule has 3 aromatic heterocycles. The van der Waals surface area contributed by atoms with Gasteiger partial charge in [0, 0.05) is 6.20 Å². The molecule has 0 radical (unpaired) electrons. The third-order valence-corrected chi connectivity index (χ3v) is 4.19. The number of halogens is 7. The van der Waals surface area contributed by atoms with Gasteiger partial charge in [-0.05, 0) is 19.1 Å². The molecule has 1 atom stereocenters. The SMILES string of the molecule is C[C@H](Nc1c(-c2ncccc2C(F)(F)F)c(Cl)nc2c(C#N)cnn12)C(F)(F)F. The highest BCUT2D eigenvalue weighted by Crippen LogP contribution is 2.42. The van der Waals surface area contributed by atoms with Crippen LogP contribution in [0.2, 0.25) is 5.15 Å². The Morgan fingerprint density at radius 1 is 1.24 bits per heavy atom. The van der Waals surface area contributed by atoms with Crippen LogP contribution in [0.15, 0.2) is 24.5 Å². The molecule has 1 N–H and O–H groups in total. The molecule has 0 fully saturated rings. The summed E-state index contributed by atoms with van der Waals surface area (Å²) in [4.78, 5) is 7.52. The van der Waals surface area contributed by atoms with Gasteiger partial charge >= 0.3 is 12.4 Å². The number of alkyl halides is 6. The summed E-state index contributed by atoms with van der Waals surface area (Å²) in [5.74, 6) is -0.532. The van der Waals surface area contributed by atoms with Crippen molar-refractivity contribution in [2.24, 2.45) is 0 Å². The van der Waals surface area contributed by atoms with Crippen molar-refractivity contribution in [1.82, 2.24) is 19.6 Å². The first-order valence-electron chi connectivity index (χ1n) is 7.78. The smallest absolute Gasteiger partial charge is 0.358 e. The lowest BCUT2D eigenvalue weighted by Crippen LogP contribution is -2.34. The third kappa shape index (κ3) is 3.77. The minimum absolute atomic E-state index is 0.127. The van der Waals surface area contributed by atoms with E-state index in [1.807, 2.05) is 0 Å². The zero-order valence-electron chi connectivity index (χ0n) is 14.3. The van der Waals surface area contributed by atoms with Gasteiger partial charge < -0.3 is 5.32 Å². The second-order valence-corrected chi connectivity index (χ2v) is 6.19. The van der Waals surface area contributed by atoms with Crippen molar-refractivity contribution < 1.29 is 26.3 Å². The predicted octanol–water partition coefficient (Wildman–Crippen LogP) is 4.70. The van der Waals surface area contributed by atoms with E-state index in [2.05, 4.69) is 20.4 Å². The molecule has 0 bridgehead atoms. The van der Waals surface area contributed by atoms with Gasteiger partial charge in [-0.3, -0.25) is 4.98 Å². The topological polar surface area (TPSA) is 78.9 Å². The van der Waals surface area contributed by atoms with E-state index in [0.717, 1.165) is 29.9 Å². The summed E-state index contributed by atoms with van der Waals surface area (Å²) in [6, 6.07) is 1.29. The lowest BCUT2D eigenvalue weighted by molar-refractivity contribution is -0.139. The maximum Gasteiger partial charge on any atom is 0.418 e. The maximum absolute atomic E-state index is 13.5. The van der Waals surface area contributed by atoms with Crippen molar-refractivity contribution in [2.45, 2.75) is 25.3 Å². The van der Waals surface area contributed by atoms with Gasteiger partial charge in [0.2, 0.25) is 0 Å². The van der Waals surface area contributed by atoms with Crippen molar-refractivity contribution in [2.75, 3.05) is 5.32 Å². The van der Waals surface area contributed by atoms with Crippen LogP contribution in [0.25, 0.3) is 16.9 Å². The Hall–Kier alpha value is -3.07. The summed E-state index contributed by atoms with van der Waals surface area (Å²) >= 11 is 6.06. The molecule has 0 spiro atoms. The number of nitrogens with zero attached hydrogens (tertiary/aromatic N) is 5. The number of fused-ring (bicyclic) bond motifs is 1. The minimum atomic E-state index is -4.86. The van der Waals surface area contributed by atoms with E-state index in [1.54, 1.807) is 6.07 Å². The number of hydrogen-bond donors (Lipinski definition) is 1. The Balaban J connectivity index is 2.38. The monoisotopic (exact) mass is 434 g/mol. The van der Waals surface area contributed by atoms with E-state index < -0.39 is 46.2 Å². The normalized spacial score (nSPS) is 13.3. The van der Waals surface area contributed by atoms with E-state index in [1.165, 1.54) is 0 Å². The van der Waals surface area contributed by atoms with Crippen molar-refractivity contribution in [3.8, 4) is 17.3 Å².